The smallest absolute Gasteiger partial charge is 0.316 e. The molecule has 1 atom stereocenters. The molecule has 1 aliphatic rings. The molecule has 0 spiro atoms. The van der Waals surface area contributed by atoms with Gasteiger partial charge in [0.2, 0.25) is 0 Å². The molecule has 0 fully saturated rings. The summed E-state index contributed by atoms with van der Waals surface area (Å²) in [6.07, 6.45) is 0. The van der Waals surface area contributed by atoms with Crippen LogP contribution in [0.4, 0.5) is 0 Å². The molecule has 110 valence electrons. The van der Waals surface area contributed by atoms with Crippen LogP contribution in [0.3, 0.4) is 0 Å². The highest BCUT2D eigenvalue weighted by molar-refractivity contribution is 6.14. The number of aliphatic carboxylic acids is 1. The summed E-state index contributed by atoms with van der Waals surface area (Å²) >= 11 is 0. The SMILES string of the molecule is O=C=C1C(=C=O)c2ccc3ccccc3c2C(C(=O)O)C1=C=O. The number of hydrogen-bond donors (Lipinski definition) is 1. The molecule has 0 amide bonds. The molecule has 0 radical (unpaired) electrons. The molecule has 0 aromatic heterocycles. The lowest BCUT2D eigenvalue weighted by Gasteiger charge is -2.25. The van der Waals surface area contributed by atoms with Crippen molar-refractivity contribution in [1.82, 2.24) is 0 Å². The Balaban J connectivity index is 2.57. The van der Waals surface area contributed by atoms with Crippen LogP contribution in [0.25, 0.3) is 16.3 Å². The zero-order valence-electron chi connectivity index (χ0n) is 11.6. The summed E-state index contributed by atoms with van der Waals surface area (Å²) in [7, 11) is 0. The Morgan fingerprint density at radius 3 is 2.22 bits per heavy atom. The number of hydrogen-bond acceptors (Lipinski definition) is 4. The van der Waals surface area contributed by atoms with Crippen LogP contribution in [0.5, 0.6) is 0 Å². The lowest BCUT2D eigenvalue weighted by atomic mass is 9.73. The second-order valence-corrected chi connectivity index (χ2v) is 4.99. The predicted molar refractivity (Wildman–Crippen MR) is 81.8 cm³/mol. The molecule has 23 heavy (non-hydrogen) atoms. The minimum Gasteiger partial charge on any atom is -0.481 e. The number of allylic oxidation sites excluding steroid dienone is 2. The summed E-state index contributed by atoms with van der Waals surface area (Å²) in [6.45, 7) is 0. The molecule has 1 N–H and O–H groups in total. The summed E-state index contributed by atoms with van der Waals surface area (Å²) in [4.78, 5) is 45.5. The molecule has 5 heteroatoms. The van der Waals surface area contributed by atoms with Crippen LogP contribution in [0, 0.1) is 0 Å². The molecule has 2 aromatic rings. The fourth-order valence-corrected chi connectivity index (χ4v) is 2.95. The van der Waals surface area contributed by atoms with Crippen molar-refractivity contribution >= 4 is 40.1 Å². The second-order valence-electron chi connectivity index (χ2n) is 4.99. The molecular weight excluding hydrogens is 296 g/mol. The van der Waals surface area contributed by atoms with E-state index in [0.29, 0.717) is 5.39 Å². The van der Waals surface area contributed by atoms with Gasteiger partial charge in [-0.05, 0) is 21.9 Å². The van der Waals surface area contributed by atoms with Gasteiger partial charge >= 0.3 is 5.97 Å². The van der Waals surface area contributed by atoms with Crippen LogP contribution in [0.1, 0.15) is 17.0 Å². The third kappa shape index (κ3) is 1.98. The average Bonchev–Trinajstić information content (AvgIpc) is 2.58. The van der Waals surface area contributed by atoms with E-state index >= 15 is 0 Å². The van der Waals surface area contributed by atoms with Gasteiger partial charge in [0, 0.05) is 0 Å². The molecule has 0 saturated carbocycles. The van der Waals surface area contributed by atoms with Gasteiger partial charge in [0.25, 0.3) is 0 Å². The summed E-state index contributed by atoms with van der Waals surface area (Å²) in [5.41, 5.74) is -0.425. The maximum Gasteiger partial charge on any atom is 0.316 e. The average molecular weight is 304 g/mol. The van der Waals surface area contributed by atoms with Crippen LogP contribution >= 0.6 is 0 Å². The van der Waals surface area contributed by atoms with E-state index in [1.807, 2.05) is 0 Å². The third-order valence-electron chi connectivity index (χ3n) is 3.90. The quantitative estimate of drug-likeness (QED) is 0.811. The Morgan fingerprint density at radius 1 is 0.913 bits per heavy atom. The van der Waals surface area contributed by atoms with Crippen molar-refractivity contribution in [2.24, 2.45) is 0 Å². The fourth-order valence-electron chi connectivity index (χ4n) is 2.95. The maximum absolute atomic E-state index is 11.7. The van der Waals surface area contributed by atoms with Gasteiger partial charge in [-0.15, -0.1) is 0 Å². The molecule has 1 aliphatic carbocycles. The van der Waals surface area contributed by atoms with E-state index in [4.69, 9.17) is 0 Å². The Kier molecular flexibility index (Phi) is 3.38. The summed E-state index contributed by atoms with van der Waals surface area (Å²) < 4.78 is 0. The van der Waals surface area contributed by atoms with Crippen molar-refractivity contribution in [3.8, 4) is 0 Å². The van der Waals surface area contributed by atoms with Crippen LogP contribution < -0.4 is 0 Å². The summed E-state index contributed by atoms with van der Waals surface area (Å²) in [5.74, 6) is 1.91. The molecule has 0 heterocycles. The number of benzene rings is 2. The van der Waals surface area contributed by atoms with Crippen LogP contribution in [0.2, 0.25) is 0 Å². The topological polar surface area (TPSA) is 88.5 Å². The first-order valence-corrected chi connectivity index (χ1v) is 6.64. The Labute approximate surface area is 129 Å². The van der Waals surface area contributed by atoms with E-state index in [-0.39, 0.29) is 16.7 Å². The molecule has 5 nitrogen and oxygen atoms in total. The Morgan fingerprint density at radius 2 is 1.61 bits per heavy atom. The number of rotatable bonds is 1. The van der Waals surface area contributed by atoms with Crippen LogP contribution in [0.15, 0.2) is 47.5 Å². The van der Waals surface area contributed by atoms with Gasteiger partial charge in [0.1, 0.15) is 23.7 Å². The zero-order valence-corrected chi connectivity index (χ0v) is 11.6. The van der Waals surface area contributed by atoms with Gasteiger partial charge in [0.05, 0.1) is 16.7 Å². The monoisotopic (exact) mass is 304 g/mol. The summed E-state index contributed by atoms with van der Waals surface area (Å²) in [6, 6.07) is 10.3. The van der Waals surface area contributed by atoms with Gasteiger partial charge < -0.3 is 5.11 Å². The summed E-state index contributed by atoms with van der Waals surface area (Å²) in [5, 5.41) is 10.9. The van der Waals surface area contributed by atoms with Crippen molar-refractivity contribution in [2.75, 3.05) is 0 Å². The van der Waals surface area contributed by atoms with Crippen molar-refractivity contribution < 1.29 is 24.3 Å². The number of carbonyl (C=O) groups excluding carboxylic acids is 3. The van der Waals surface area contributed by atoms with E-state index in [9.17, 15) is 24.3 Å². The molecule has 0 saturated heterocycles. The van der Waals surface area contributed by atoms with Crippen molar-refractivity contribution in [2.45, 2.75) is 5.92 Å². The highest BCUT2D eigenvalue weighted by Gasteiger charge is 2.39. The Bertz CT molecular complexity index is 1010. The number of carbonyl (C=O) groups is 1. The Hall–Kier alpha value is -3.48. The fraction of sp³-hybridized carbons (Fsp3) is 0.0556. The minimum atomic E-state index is -1.39. The van der Waals surface area contributed by atoms with Crippen molar-refractivity contribution in [3.05, 3.63) is 58.7 Å². The first kappa shape index (κ1) is 14.5. The van der Waals surface area contributed by atoms with Gasteiger partial charge in [-0.25, -0.2) is 14.4 Å². The zero-order chi connectivity index (χ0) is 16.6. The van der Waals surface area contributed by atoms with Crippen molar-refractivity contribution in [3.63, 3.8) is 0 Å². The van der Waals surface area contributed by atoms with Crippen LogP contribution in [-0.4, -0.2) is 28.9 Å². The molecule has 1 unspecified atom stereocenters. The van der Waals surface area contributed by atoms with Crippen LogP contribution in [-0.2, 0) is 19.2 Å². The maximum atomic E-state index is 11.7. The first-order valence-electron chi connectivity index (χ1n) is 6.64. The first-order chi connectivity index (χ1) is 11.1. The van der Waals surface area contributed by atoms with E-state index in [1.165, 1.54) is 11.9 Å². The van der Waals surface area contributed by atoms with E-state index in [2.05, 4.69) is 0 Å². The highest BCUT2D eigenvalue weighted by Crippen LogP contribution is 2.45. The lowest BCUT2D eigenvalue weighted by molar-refractivity contribution is -0.137. The third-order valence-corrected chi connectivity index (χ3v) is 3.90. The lowest BCUT2D eigenvalue weighted by Crippen LogP contribution is -2.23. The number of carboxylic acid groups (broad SMARTS) is 1. The molecule has 3 rings (SSSR count). The largest absolute Gasteiger partial charge is 0.481 e. The van der Waals surface area contributed by atoms with E-state index in [0.717, 1.165) is 5.39 Å². The van der Waals surface area contributed by atoms with E-state index < -0.39 is 23.0 Å². The highest BCUT2D eigenvalue weighted by atomic mass is 16.4. The van der Waals surface area contributed by atoms with Gasteiger partial charge in [-0.3, -0.25) is 4.79 Å². The second kappa shape index (κ2) is 5.38. The van der Waals surface area contributed by atoms with E-state index in [1.54, 1.807) is 42.3 Å². The van der Waals surface area contributed by atoms with Gasteiger partial charge in [-0.1, -0.05) is 36.4 Å². The predicted octanol–water partition coefficient (Wildman–Crippen LogP) is 1.75. The van der Waals surface area contributed by atoms with Gasteiger partial charge in [0.15, 0.2) is 0 Å². The van der Waals surface area contributed by atoms with Crippen molar-refractivity contribution in [1.29, 1.82) is 0 Å². The molecule has 2 aromatic carbocycles. The molecule has 0 aliphatic heterocycles. The molecule has 0 bridgehead atoms. The minimum absolute atomic E-state index is 0.170. The molecular formula is C18H8O5. The number of carboxylic acids is 1. The normalized spacial score (nSPS) is 16.3. The van der Waals surface area contributed by atoms with Gasteiger partial charge in [-0.2, -0.15) is 0 Å². The standard InChI is InChI=1S/C18H8O5/c19-7-13-12-6-5-10-3-1-2-4-11(10)16(12)17(18(22)23)15(9-21)14(13)8-20/h1-6,17H,(H,22,23). The number of fused-ring (bicyclic) bond motifs is 3.